The quantitative estimate of drug-likeness (QED) is 0.805. The summed E-state index contributed by atoms with van der Waals surface area (Å²) >= 11 is 5.01. The van der Waals surface area contributed by atoms with E-state index < -0.39 is 0 Å². The lowest BCUT2D eigenvalue weighted by Gasteiger charge is -2.35. The molecule has 2 atom stereocenters. The van der Waals surface area contributed by atoms with Crippen LogP contribution in [0.2, 0.25) is 0 Å². The third-order valence-electron chi connectivity index (χ3n) is 3.12. The van der Waals surface area contributed by atoms with E-state index >= 15 is 0 Å². The average molecular weight is 346 g/mol. The van der Waals surface area contributed by atoms with Crippen LogP contribution < -0.4 is 11.1 Å². The Hall–Kier alpha value is -0.760. The van der Waals surface area contributed by atoms with Gasteiger partial charge in [0.15, 0.2) is 0 Å². The van der Waals surface area contributed by atoms with Gasteiger partial charge in [-0.15, -0.1) is 11.3 Å². The van der Waals surface area contributed by atoms with Gasteiger partial charge < -0.3 is 5.73 Å². The summed E-state index contributed by atoms with van der Waals surface area (Å²) in [7, 11) is 0. The Morgan fingerprint density at radius 2 is 2.11 bits per heavy atom. The van der Waals surface area contributed by atoms with E-state index in [4.69, 9.17) is 5.73 Å². The number of hydrogen-bond acceptors (Lipinski definition) is 5. The highest BCUT2D eigenvalue weighted by atomic mass is 79.9. The number of nitrogens with zero attached hydrogens (tertiary/aromatic N) is 1. The van der Waals surface area contributed by atoms with Crippen molar-refractivity contribution >= 4 is 39.1 Å². The Balaban J connectivity index is 2.27. The number of halogens is 1. The van der Waals surface area contributed by atoms with Crippen molar-refractivity contribution in [2.24, 2.45) is 5.73 Å². The van der Waals surface area contributed by atoms with E-state index in [1.807, 2.05) is 23.3 Å². The van der Waals surface area contributed by atoms with Gasteiger partial charge in [0.05, 0.1) is 19.1 Å². The van der Waals surface area contributed by atoms with Crippen LogP contribution in [0.5, 0.6) is 0 Å². The van der Waals surface area contributed by atoms with E-state index in [2.05, 4.69) is 21.2 Å². The minimum atomic E-state index is -0.264. The molecule has 1 saturated heterocycles. The predicted molar refractivity (Wildman–Crippen MR) is 77.7 cm³/mol. The molecule has 104 valence electrons. The first kappa shape index (κ1) is 14.6. The molecule has 2 rings (SSSR count). The molecular formula is C12H16BrN3O2S. The van der Waals surface area contributed by atoms with Gasteiger partial charge in [0.1, 0.15) is 0 Å². The number of thiophene rings is 1. The molecule has 5 nitrogen and oxygen atoms in total. The molecule has 1 fully saturated rings. The number of amides is 2. The smallest absolute Gasteiger partial charge is 0.240 e. The summed E-state index contributed by atoms with van der Waals surface area (Å²) in [4.78, 5) is 26.0. The van der Waals surface area contributed by atoms with E-state index in [1.54, 1.807) is 11.3 Å². The molecule has 1 aromatic rings. The minimum absolute atomic E-state index is 0.101. The first-order valence-corrected chi connectivity index (χ1v) is 7.74. The fourth-order valence-electron chi connectivity index (χ4n) is 2.22. The fourth-order valence-corrected chi connectivity index (χ4v) is 3.88. The topological polar surface area (TPSA) is 75.4 Å². The molecule has 19 heavy (non-hydrogen) atoms. The van der Waals surface area contributed by atoms with E-state index in [-0.39, 0.29) is 37.0 Å². The maximum absolute atomic E-state index is 11.5. The normalized spacial score (nSPS) is 20.2. The summed E-state index contributed by atoms with van der Waals surface area (Å²) in [5.41, 5.74) is 6.19. The molecule has 7 heteroatoms. The monoisotopic (exact) mass is 345 g/mol. The summed E-state index contributed by atoms with van der Waals surface area (Å²) in [6, 6.07) is 1.79. The summed E-state index contributed by atoms with van der Waals surface area (Å²) in [5, 5.41) is 4.29. The van der Waals surface area contributed by atoms with Crippen molar-refractivity contribution in [1.29, 1.82) is 0 Å². The van der Waals surface area contributed by atoms with Gasteiger partial charge in [-0.25, -0.2) is 0 Å². The second kappa shape index (κ2) is 6.13. The van der Waals surface area contributed by atoms with Crippen molar-refractivity contribution in [2.45, 2.75) is 25.4 Å². The van der Waals surface area contributed by atoms with Crippen molar-refractivity contribution in [1.82, 2.24) is 10.2 Å². The molecule has 0 aliphatic carbocycles. The predicted octanol–water partition coefficient (Wildman–Crippen LogP) is 1.25. The van der Waals surface area contributed by atoms with Gasteiger partial charge in [0, 0.05) is 20.8 Å². The van der Waals surface area contributed by atoms with Crippen molar-refractivity contribution in [2.75, 3.05) is 13.1 Å². The fraction of sp³-hybridized carbons (Fsp3) is 0.500. The van der Waals surface area contributed by atoms with E-state index in [9.17, 15) is 9.59 Å². The number of nitrogens with one attached hydrogen (secondary N) is 1. The summed E-state index contributed by atoms with van der Waals surface area (Å²) in [5.74, 6) is -0.527. The van der Waals surface area contributed by atoms with Gasteiger partial charge in [-0.05, 0) is 28.4 Å². The van der Waals surface area contributed by atoms with Crippen molar-refractivity contribution in [3.05, 3.63) is 20.8 Å². The lowest BCUT2D eigenvalue weighted by atomic mass is 10.0. The Bertz CT molecular complexity index is 475. The highest BCUT2D eigenvalue weighted by Crippen LogP contribution is 2.32. The first-order valence-electron chi connectivity index (χ1n) is 6.07. The largest absolute Gasteiger partial charge is 0.326 e. The molecule has 0 aromatic carbocycles. The highest BCUT2D eigenvalue weighted by molar-refractivity contribution is 9.10. The van der Waals surface area contributed by atoms with Crippen LogP contribution in [0.4, 0.5) is 0 Å². The van der Waals surface area contributed by atoms with Gasteiger partial charge in [0.2, 0.25) is 11.8 Å². The van der Waals surface area contributed by atoms with Gasteiger partial charge in [-0.3, -0.25) is 19.8 Å². The molecular weight excluding hydrogens is 330 g/mol. The molecule has 1 aliphatic heterocycles. The number of rotatable bonds is 4. The van der Waals surface area contributed by atoms with Crippen LogP contribution in [-0.2, 0) is 9.59 Å². The third-order valence-corrected chi connectivity index (χ3v) is 4.89. The summed E-state index contributed by atoms with van der Waals surface area (Å²) in [6.07, 6.45) is 0.784. The minimum Gasteiger partial charge on any atom is -0.326 e. The first-order chi connectivity index (χ1) is 9.01. The second-order valence-corrected chi connectivity index (χ2v) is 6.42. The molecule has 0 saturated carbocycles. The maximum atomic E-state index is 11.5. The Morgan fingerprint density at radius 3 is 2.58 bits per heavy atom. The molecule has 1 aliphatic rings. The number of carbonyl (C=O) groups is 2. The third kappa shape index (κ3) is 3.42. The van der Waals surface area contributed by atoms with Crippen LogP contribution in [0.25, 0.3) is 0 Å². The van der Waals surface area contributed by atoms with E-state index in [0.717, 1.165) is 15.8 Å². The zero-order valence-electron chi connectivity index (χ0n) is 10.6. The average Bonchev–Trinajstić information content (AvgIpc) is 2.74. The second-order valence-electron chi connectivity index (χ2n) is 4.56. The molecule has 0 bridgehead atoms. The molecule has 3 N–H and O–H groups in total. The van der Waals surface area contributed by atoms with E-state index in [0.29, 0.717) is 0 Å². The molecule has 0 radical (unpaired) electrons. The molecule has 2 unspecified atom stereocenters. The van der Waals surface area contributed by atoms with Crippen LogP contribution in [0.15, 0.2) is 15.9 Å². The Kier molecular flexibility index (Phi) is 4.72. The van der Waals surface area contributed by atoms with Gasteiger partial charge in [-0.1, -0.05) is 6.92 Å². The molecule has 2 amide bonds. The zero-order chi connectivity index (χ0) is 14.0. The van der Waals surface area contributed by atoms with Crippen LogP contribution in [0.3, 0.4) is 0 Å². The van der Waals surface area contributed by atoms with Crippen LogP contribution in [-0.4, -0.2) is 35.8 Å². The standard InChI is InChI=1S/C12H16BrN3O2S/c1-2-8(14)12(9-3-7(13)6-19-9)16-4-10(17)15-11(18)5-16/h3,6,8,12H,2,4-5,14H2,1H3,(H,15,17,18). The Labute approximate surface area is 124 Å². The van der Waals surface area contributed by atoms with Crippen LogP contribution in [0.1, 0.15) is 24.3 Å². The number of piperazine rings is 1. The molecule has 2 heterocycles. The van der Waals surface area contributed by atoms with Crippen LogP contribution >= 0.6 is 27.3 Å². The zero-order valence-corrected chi connectivity index (χ0v) is 13.0. The van der Waals surface area contributed by atoms with Crippen LogP contribution in [0, 0.1) is 0 Å². The lowest BCUT2D eigenvalue weighted by molar-refractivity contribution is -0.137. The number of carbonyl (C=O) groups excluding carboxylic acids is 2. The van der Waals surface area contributed by atoms with Crippen molar-refractivity contribution < 1.29 is 9.59 Å². The molecule has 1 aromatic heterocycles. The Morgan fingerprint density at radius 1 is 1.47 bits per heavy atom. The maximum Gasteiger partial charge on any atom is 0.240 e. The SMILES string of the molecule is CCC(N)C(c1cc(Br)cs1)N1CC(=O)NC(=O)C1. The van der Waals surface area contributed by atoms with Gasteiger partial charge in [0.25, 0.3) is 0 Å². The number of nitrogens with two attached hydrogens (primary N) is 1. The summed E-state index contributed by atoms with van der Waals surface area (Å²) < 4.78 is 0.994. The lowest BCUT2D eigenvalue weighted by Crippen LogP contribution is -2.55. The summed E-state index contributed by atoms with van der Waals surface area (Å²) in [6.45, 7) is 2.42. The highest BCUT2D eigenvalue weighted by Gasteiger charge is 2.33. The van der Waals surface area contributed by atoms with Gasteiger partial charge >= 0.3 is 0 Å². The van der Waals surface area contributed by atoms with Crippen molar-refractivity contribution in [3.8, 4) is 0 Å². The number of hydrogen-bond donors (Lipinski definition) is 2. The van der Waals surface area contributed by atoms with Crippen molar-refractivity contribution in [3.63, 3.8) is 0 Å². The number of imide groups is 1. The van der Waals surface area contributed by atoms with Gasteiger partial charge in [-0.2, -0.15) is 0 Å². The molecule has 0 spiro atoms. The van der Waals surface area contributed by atoms with E-state index in [1.165, 1.54) is 0 Å².